The van der Waals surface area contributed by atoms with Gasteiger partial charge < -0.3 is 14.8 Å². The van der Waals surface area contributed by atoms with Crippen LogP contribution >= 0.6 is 0 Å². The van der Waals surface area contributed by atoms with E-state index in [1.54, 1.807) is 6.20 Å². The predicted molar refractivity (Wildman–Crippen MR) is 67.8 cm³/mol. The Morgan fingerprint density at radius 2 is 2.00 bits per heavy atom. The van der Waals surface area contributed by atoms with Crippen LogP contribution in [-0.2, 0) is 15.9 Å². The zero-order chi connectivity index (χ0) is 12.5. The second-order valence-corrected chi connectivity index (χ2v) is 3.74. The molecule has 0 amide bonds. The SMILES string of the molecule is CCOC(OCC)C(Cc1cccnc1)NC. The molecule has 0 aromatic carbocycles. The molecule has 0 aliphatic heterocycles. The highest BCUT2D eigenvalue weighted by atomic mass is 16.7. The summed E-state index contributed by atoms with van der Waals surface area (Å²) in [5.74, 6) is 0. The van der Waals surface area contributed by atoms with Crippen molar-refractivity contribution in [3.63, 3.8) is 0 Å². The van der Waals surface area contributed by atoms with Crippen LogP contribution in [0.2, 0.25) is 0 Å². The number of aromatic nitrogens is 1. The second-order valence-electron chi connectivity index (χ2n) is 3.74. The standard InChI is InChI=1S/C13H22N2O2/c1-4-16-13(17-5-2)12(14-3)9-11-7-6-8-15-10-11/h6-8,10,12-14H,4-5,9H2,1-3H3. The highest BCUT2D eigenvalue weighted by molar-refractivity contribution is 5.10. The maximum atomic E-state index is 5.60. The third-order valence-corrected chi connectivity index (χ3v) is 2.54. The van der Waals surface area contributed by atoms with E-state index >= 15 is 0 Å². The smallest absolute Gasteiger partial charge is 0.172 e. The van der Waals surface area contributed by atoms with Crippen molar-refractivity contribution in [1.82, 2.24) is 10.3 Å². The lowest BCUT2D eigenvalue weighted by Gasteiger charge is -2.26. The van der Waals surface area contributed by atoms with Crippen LogP contribution in [-0.4, -0.2) is 37.6 Å². The van der Waals surface area contributed by atoms with Crippen molar-refractivity contribution in [2.45, 2.75) is 32.6 Å². The number of hydrogen-bond donors (Lipinski definition) is 1. The number of rotatable bonds is 8. The summed E-state index contributed by atoms with van der Waals surface area (Å²) in [5.41, 5.74) is 1.18. The fourth-order valence-electron chi connectivity index (χ4n) is 1.72. The average molecular weight is 238 g/mol. The van der Waals surface area contributed by atoms with Gasteiger partial charge >= 0.3 is 0 Å². The zero-order valence-corrected chi connectivity index (χ0v) is 10.8. The Labute approximate surface area is 103 Å². The molecule has 1 N–H and O–H groups in total. The summed E-state index contributed by atoms with van der Waals surface area (Å²) in [5, 5.41) is 3.24. The highest BCUT2D eigenvalue weighted by Crippen LogP contribution is 2.09. The molecule has 0 spiro atoms. The molecule has 0 radical (unpaired) electrons. The maximum absolute atomic E-state index is 5.60. The van der Waals surface area contributed by atoms with E-state index in [0.29, 0.717) is 13.2 Å². The van der Waals surface area contributed by atoms with E-state index in [9.17, 15) is 0 Å². The number of hydrogen-bond acceptors (Lipinski definition) is 4. The molecule has 1 aromatic rings. The lowest BCUT2D eigenvalue weighted by Crippen LogP contribution is -2.42. The molecule has 4 heteroatoms. The van der Waals surface area contributed by atoms with Gasteiger partial charge in [0.25, 0.3) is 0 Å². The molecule has 0 fully saturated rings. The van der Waals surface area contributed by atoms with Crippen LogP contribution in [0.3, 0.4) is 0 Å². The summed E-state index contributed by atoms with van der Waals surface area (Å²) in [4.78, 5) is 4.11. The topological polar surface area (TPSA) is 43.4 Å². The molecular weight excluding hydrogens is 216 g/mol. The van der Waals surface area contributed by atoms with Crippen molar-refractivity contribution < 1.29 is 9.47 Å². The first-order valence-electron chi connectivity index (χ1n) is 6.11. The minimum absolute atomic E-state index is 0.138. The summed E-state index contributed by atoms with van der Waals surface area (Å²) in [6.45, 7) is 5.25. The highest BCUT2D eigenvalue weighted by Gasteiger charge is 2.20. The molecule has 0 aliphatic carbocycles. The van der Waals surface area contributed by atoms with Crippen LogP contribution < -0.4 is 5.32 Å². The third kappa shape index (κ3) is 4.81. The maximum Gasteiger partial charge on any atom is 0.172 e. The van der Waals surface area contributed by atoms with Crippen LogP contribution in [0.1, 0.15) is 19.4 Å². The number of nitrogens with zero attached hydrogens (tertiary/aromatic N) is 1. The Balaban J connectivity index is 2.61. The van der Waals surface area contributed by atoms with Crippen molar-refractivity contribution in [2.24, 2.45) is 0 Å². The molecule has 1 unspecified atom stereocenters. The van der Waals surface area contributed by atoms with E-state index in [-0.39, 0.29) is 12.3 Å². The predicted octanol–water partition coefficient (Wildman–Crippen LogP) is 1.61. The average Bonchev–Trinajstić information content (AvgIpc) is 2.37. The van der Waals surface area contributed by atoms with Gasteiger partial charge in [-0.25, -0.2) is 0 Å². The summed E-state index contributed by atoms with van der Waals surface area (Å²) in [6, 6.07) is 4.14. The van der Waals surface area contributed by atoms with Gasteiger partial charge in [0.1, 0.15) is 0 Å². The first kappa shape index (κ1) is 14.1. The summed E-state index contributed by atoms with van der Waals surface area (Å²) < 4.78 is 11.2. The summed E-state index contributed by atoms with van der Waals surface area (Å²) in [6.07, 6.45) is 4.28. The van der Waals surface area contributed by atoms with Gasteiger partial charge in [-0.1, -0.05) is 6.07 Å². The Morgan fingerprint density at radius 3 is 2.47 bits per heavy atom. The normalized spacial score (nSPS) is 12.9. The minimum atomic E-state index is -0.213. The molecule has 4 nitrogen and oxygen atoms in total. The van der Waals surface area contributed by atoms with Crippen molar-refractivity contribution in [1.29, 1.82) is 0 Å². The number of pyridine rings is 1. The van der Waals surface area contributed by atoms with Gasteiger partial charge in [0.2, 0.25) is 0 Å². The Kier molecular flexibility index (Phi) is 6.77. The Hall–Kier alpha value is -0.970. The second kappa shape index (κ2) is 8.17. The molecule has 1 aromatic heterocycles. The Bertz CT molecular complexity index is 287. The van der Waals surface area contributed by atoms with Crippen molar-refractivity contribution in [3.8, 4) is 0 Å². The van der Waals surface area contributed by atoms with E-state index < -0.39 is 0 Å². The minimum Gasteiger partial charge on any atom is -0.351 e. The van der Waals surface area contributed by atoms with Gasteiger partial charge in [-0.05, 0) is 38.9 Å². The van der Waals surface area contributed by atoms with Crippen molar-refractivity contribution in [3.05, 3.63) is 30.1 Å². The quantitative estimate of drug-likeness (QED) is 0.699. The fraction of sp³-hybridized carbons (Fsp3) is 0.615. The van der Waals surface area contributed by atoms with Crippen LogP contribution in [0, 0.1) is 0 Å². The summed E-state index contributed by atoms with van der Waals surface area (Å²) >= 11 is 0. The molecule has 17 heavy (non-hydrogen) atoms. The van der Waals surface area contributed by atoms with Crippen molar-refractivity contribution >= 4 is 0 Å². The lowest BCUT2D eigenvalue weighted by molar-refractivity contribution is -0.152. The zero-order valence-electron chi connectivity index (χ0n) is 10.8. The molecule has 0 aliphatic rings. The van der Waals surface area contributed by atoms with Gasteiger partial charge in [0.15, 0.2) is 6.29 Å². The van der Waals surface area contributed by atoms with Crippen LogP contribution in [0.5, 0.6) is 0 Å². The fourth-order valence-corrected chi connectivity index (χ4v) is 1.72. The lowest BCUT2D eigenvalue weighted by atomic mass is 10.1. The van der Waals surface area contributed by atoms with E-state index in [2.05, 4.69) is 16.4 Å². The largest absolute Gasteiger partial charge is 0.351 e. The summed E-state index contributed by atoms with van der Waals surface area (Å²) in [7, 11) is 1.92. The van der Waals surface area contributed by atoms with Gasteiger partial charge in [-0.15, -0.1) is 0 Å². The molecule has 96 valence electrons. The molecule has 1 rings (SSSR count). The monoisotopic (exact) mass is 238 g/mol. The molecule has 0 bridgehead atoms. The molecule has 1 heterocycles. The van der Waals surface area contributed by atoms with E-state index in [1.807, 2.05) is 33.2 Å². The third-order valence-electron chi connectivity index (χ3n) is 2.54. The Morgan fingerprint density at radius 1 is 1.29 bits per heavy atom. The van der Waals surface area contributed by atoms with Gasteiger partial charge in [-0.2, -0.15) is 0 Å². The van der Waals surface area contributed by atoms with E-state index in [4.69, 9.17) is 9.47 Å². The number of nitrogens with one attached hydrogen (secondary N) is 1. The first-order chi connectivity index (χ1) is 8.31. The van der Waals surface area contributed by atoms with Crippen LogP contribution in [0.4, 0.5) is 0 Å². The molecular formula is C13H22N2O2. The van der Waals surface area contributed by atoms with Crippen LogP contribution in [0.15, 0.2) is 24.5 Å². The number of ether oxygens (including phenoxy) is 2. The molecule has 0 saturated carbocycles. The van der Waals surface area contributed by atoms with Gasteiger partial charge in [0, 0.05) is 25.6 Å². The van der Waals surface area contributed by atoms with Gasteiger partial charge in [-0.3, -0.25) is 4.98 Å². The first-order valence-corrected chi connectivity index (χ1v) is 6.11. The molecule has 0 saturated heterocycles. The van der Waals surface area contributed by atoms with E-state index in [0.717, 1.165) is 6.42 Å². The van der Waals surface area contributed by atoms with E-state index in [1.165, 1.54) is 5.56 Å². The number of likely N-dealkylation sites (N-methyl/N-ethyl adjacent to an activating group) is 1. The van der Waals surface area contributed by atoms with Gasteiger partial charge in [0.05, 0.1) is 6.04 Å². The van der Waals surface area contributed by atoms with Crippen molar-refractivity contribution in [2.75, 3.05) is 20.3 Å². The van der Waals surface area contributed by atoms with Crippen LogP contribution in [0.25, 0.3) is 0 Å². The molecule has 1 atom stereocenters.